The van der Waals surface area contributed by atoms with E-state index in [1.54, 1.807) is 0 Å². The molecule has 0 aliphatic rings. The number of hydrogen-bond donors (Lipinski definition) is 2. The quantitative estimate of drug-likeness (QED) is 0.772. The van der Waals surface area contributed by atoms with E-state index < -0.39 is 0 Å². The molecule has 2 heteroatoms. The zero-order chi connectivity index (χ0) is 16.4. The zero-order valence-electron chi connectivity index (χ0n) is 14.2. The maximum Gasteiger partial charge on any atom is 0.0316 e. The van der Waals surface area contributed by atoms with Crippen molar-refractivity contribution in [3.8, 4) is 0 Å². The van der Waals surface area contributed by atoms with Crippen LogP contribution in [0, 0.1) is 0 Å². The van der Waals surface area contributed by atoms with Gasteiger partial charge in [-0.15, -0.1) is 0 Å². The molecule has 0 spiro atoms. The smallest absolute Gasteiger partial charge is 0.0316 e. The van der Waals surface area contributed by atoms with Crippen LogP contribution in [0.15, 0.2) is 48.5 Å². The summed E-state index contributed by atoms with van der Waals surface area (Å²) in [6.07, 6.45) is 2.21. The lowest BCUT2D eigenvalue weighted by molar-refractivity contribution is 0.375. The maximum absolute atomic E-state index is 5.93. The van der Waals surface area contributed by atoms with Gasteiger partial charge in [-0.2, -0.15) is 0 Å². The van der Waals surface area contributed by atoms with Crippen LogP contribution >= 0.6 is 0 Å². The van der Waals surface area contributed by atoms with Gasteiger partial charge >= 0.3 is 0 Å². The number of hydrogen-bond acceptors (Lipinski definition) is 2. The molecule has 0 saturated heterocycles. The van der Waals surface area contributed by atoms with Gasteiger partial charge in [0.25, 0.3) is 0 Å². The number of nitrogens with two attached hydrogens (primary N) is 2. The van der Waals surface area contributed by atoms with Gasteiger partial charge in [-0.1, -0.05) is 52.0 Å². The van der Waals surface area contributed by atoms with Crippen LogP contribution < -0.4 is 11.5 Å². The van der Waals surface area contributed by atoms with Crippen LogP contribution in [-0.4, -0.2) is 0 Å². The molecule has 2 nitrogen and oxygen atoms in total. The highest BCUT2D eigenvalue weighted by molar-refractivity contribution is 5.43. The van der Waals surface area contributed by atoms with Crippen LogP contribution in [0.4, 0.5) is 11.4 Å². The number of nitrogen functional groups attached to an aromatic ring is 2. The first-order valence-electron chi connectivity index (χ1n) is 7.93. The summed E-state index contributed by atoms with van der Waals surface area (Å²) in [7, 11) is 0. The highest BCUT2D eigenvalue weighted by Crippen LogP contribution is 2.36. The molecule has 0 radical (unpaired) electrons. The van der Waals surface area contributed by atoms with Gasteiger partial charge in [-0.25, -0.2) is 0 Å². The molecule has 22 heavy (non-hydrogen) atoms. The summed E-state index contributed by atoms with van der Waals surface area (Å²) in [5.74, 6) is 0. The number of anilines is 2. The second-order valence-corrected chi connectivity index (χ2v) is 7.52. The van der Waals surface area contributed by atoms with Crippen molar-refractivity contribution in [3.63, 3.8) is 0 Å². The molecule has 0 bridgehead atoms. The largest absolute Gasteiger partial charge is 0.399 e. The summed E-state index contributed by atoms with van der Waals surface area (Å²) in [6.45, 7) is 9.18. The van der Waals surface area contributed by atoms with E-state index in [4.69, 9.17) is 11.5 Å². The topological polar surface area (TPSA) is 52.0 Å². The highest BCUT2D eigenvalue weighted by Gasteiger charge is 2.27. The monoisotopic (exact) mass is 296 g/mol. The molecule has 118 valence electrons. The van der Waals surface area contributed by atoms with Gasteiger partial charge in [-0.05, 0) is 59.1 Å². The number of benzene rings is 2. The van der Waals surface area contributed by atoms with Crippen LogP contribution in [0.2, 0.25) is 0 Å². The molecule has 0 saturated carbocycles. The van der Waals surface area contributed by atoms with E-state index in [1.807, 2.05) is 24.3 Å². The van der Waals surface area contributed by atoms with Gasteiger partial charge in [0.05, 0.1) is 0 Å². The lowest BCUT2D eigenvalue weighted by Gasteiger charge is -2.32. The Balaban J connectivity index is 2.11. The fourth-order valence-corrected chi connectivity index (χ4v) is 2.81. The molecule has 0 atom stereocenters. The molecule has 0 aliphatic carbocycles. The Morgan fingerprint density at radius 1 is 0.682 bits per heavy atom. The summed E-state index contributed by atoms with van der Waals surface area (Å²) in [5, 5.41) is 0. The predicted molar refractivity (Wildman–Crippen MR) is 97.0 cm³/mol. The predicted octanol–water partition coefficient (Wildman–Crippen LogP) is 4.89. The average Bonchev–Trinajstić information content (AvgIpc) is 2.46. The molecular weight excluding hydrogens is 268 g/mol. The molecule has 0 heterocycles. The summed E-state index contributed by atoms with van der Waals surface area (Å²) in [4.78, 5) is 0. The van der Waals surface area contributed by atoms with Crippen molar-refractivity contribution in [2.75, 3.05) is 11.5 Å². The minimum atomic E-state index is 0.112. The van der Waals surface area contributed by atoms with Crippen molar-refractivity contribution in [1.29, 1.82) is 0 Å². The second-order valence-electron chi connectivity index (χ2n) is 7.52. The highest BCUT2D eigenvalue weighted by atomic mass is 14.5. The summed E-state index contributed by atoms with van der Waals surface area (Å²) < 4.78 is 0. The van der Waals surface area contributed by atoms with E-state index in [0.717, 1.165) is 24.2 Å². The van der Waals surface area contributed by atoms with Crippen molar-refractivity contribution in [3.05, 3.63) is 59.7 Å². The third kappa shape index (κ3) is 3.82. The van der Waals surface area contributed by atoms with E-state index >= 15 is 0 Å². The van der Waals surface area contributed by atoms with Crippen molar-refractivity contribution >= 4 is 11.4 Å². The van der Waals surface area contributed by atoms with Crippen LogP contribution in [0.1, 0.15) is 51.7 Å². The van der Waals surface area contributed by atoms with Crippen LogP contribution in [-0.2, 0) is 10.8 Å². The molecule has 4 N–H and O–H groups in total. The lowest BCUT2D eigenvalue weighted by Crippen LogP contribution is -2.24. The van der Waals surface area contributed by atoms with Gasteiger partial charge in [0.2, 0.25) is 0 Å². The lowest BCUT2D eigenvalue weighted by atomic mass is 9.73. The normalized spacial score (nSPS) is 12.4. The van der Waals surface area contributed by atoms with Crippen LogP contribution in [0.5, 0.6) is 0 Å². The average molecular weight is 296 g/mol. The maximum atomic E-state index is 5.93. The van der Waals surface area contributed by atoms with Crippen molar-refractivity contribution in [1.82, 2.24) is 0 Å². The minimum Gasteiger partial charge on any atom is -0.399 e. The Morgan fingerprint density at radius 3 is 1.77 bits per heavy atom. The van der Waals surface area contributed by atoms with E-state index in [-0.39, 0.29) is 10.8 Å². The van der Waals surface area contributed by atoms with Crippen LogP contribution in [0.3, 0.4) is 0 Å². The van der Waals surface area contributed by atoms with Crippen molar-refractivity contribution in [2.24, 2.45) is 0 Å². The Kier molecular flexibility index (Phi) is 4.50. The third-order valence-electron chi connectivity index (χ3n) is 4.74. The molecule has 0 unspecified atom stereocenters. The van der Waals surface area contributed by atoms with E-state index in [9.17, 15) is 0 Å². The molecular formula is C20H28N2. The van der Waals surface area contributed by atoms with Gasteiger partial charge in [0, 0.05) is 11.4 Å². The third-order valence-corrected chi connectivity index (χ3v) is 4.74. The minimum absolute atomic E-state index is 0.112. The fourth-order valence-electron chi connectivity index (χ4n) is 2.81. The first-order chi connectivity index (χ1) is 10.2. The van der Waals surface area contributed by atoms with E-state index in [2.05, 4.69) is 52.0 Å². The van der Waals surface area contributed by atoms with Crippen molar-refractivity contribution < 1.29 is 0 Å². The Labute approximate surface area is 134 Å². The van der Waals surface area contributed by atoms with Gasteiger partial charge in [0.1, 0.15) is 0 Å². The van der Waals surface area contributed by atoms with Gasteiger partial charge in [0.15, 0.2) is 0 Å². The zero-order valence-corrected chi connectivity index (χ0v) is 14.2. The standard InChI is InChI=1S/C20H28N2/c1-19(2,15-8-10-17(21)11-9-15)12-13-20(3,4)16-6-5-7-18(22)14-16/h5-11,14H,12-13,21-22H2,1-4H3. The summed E-state index contributed by atoms with van der Waals surface area (Å²) >= 11 is 0. The fraction of sp³-hybridized carbons (Fsp3) is 0.400. The summed E-state index contributed by atoms with van der Waals surface area (Å²) in [5.41, 5.74) is 16.3. The Hall–Kier alpha value is -1.96. The van der Waals surface area contributed by atoms with Crippen molar-refractivity contribution in [2.45, 2.75) is 51.4 Å². The Bertz CT molecular complexity index is 624. The van der Waals surface area contributed by atoms with Crippen LogP contribution in [0.25, 0.3) is 0 Å². The number of rotatable bonds is 5. The molecule has 0 fully saturated rings. The molecule has 2 rings (SSSR count). The van der Waals surface area contributed by atoms with E-state index in [0.29, 0.717) is 0 Å². The van der Waals surface area contributed by atoms with Gasteiger partial charge in [-0.3, -0.25) is 0 Å². The first kappa shape index (κ1) is 16.4. The molecule has 0 aromatic heterocycles. The first-order valence-corrected chi connectivity index (χ1v) is 7.93. The summed E-state index contributed by atoms with van der Waals surface area (Å²) in [6, 6.07) is 16.5. The Morgan fingerprint density at radius 2 is 1.23 bits per heavy atom. The van der Waals surface area contributed by atoms with Gasteiger partial charge < -0.3 is 11.5 Å². The second kappa shape index (κ2) is 6.04. The molecule has 2 aromatic carbocycles. The molecule has 2 aromatic rings. The van der Waals surface area contributed by atoms with E-state index in [1.165, 1.54) is 11.1 Å². The molecule has 0 aliphatic heterocycles. The molecule has 0 amide bonds. The SMILES string of the molecule is CC(C)(CCC(C)(C)c1cccc(N)c1)c1ccc(N)cc1.